The van der Waals surface area contributed by atoms with Crippen LogP contribution in [0.3, 0.4) is 0 Å². The van der Waals surface area contributed by atoms with Crippen molar-refractivity contribution in [1.82, 2.24) is 19.9 Å². The first kappa shape index (κ1) is 28.2. The van der Waals surface area contributed by atoms with Gasteiger partial charge in [0.25, 0.3) is 0 Å². The standard InChI is InChI=1S/C35H36ClF3N5O/c36-26-7-2-5-21-4-1-6-24(30(21)26)32-31(39)33-25(15-40-32)28(18-44-17-20-8-9-23(44)13-27(38)29(44)12-20)41-34(42-33)45-19-35-10-3-11-43(35)16-22(37)14-35/h1-2,4-7,15,20,22-23,27,29H,3,8-14,16-19H2/q+1/t20?,22-,23?,27?,29?,35+,44?/m1/s1. The third-order valence-electron chi connectivity index (χ3n) is 11.9. The molecular weight excluding hydrogens is 599 g/mol. The third kappa shape index (κ3) is 4.26. The van der Waals surface area contributed by atoms with Crippen molar-refractivity contribution in [3.05, 3.63) is 59.1 Å². The predicted octanol–water partition coefficient (Wildman–Crippen LogP) is 7.20. The Bertz CT molecular complexity index is 1840. The highest BCUT2D eigenvalue weighted by atomic mass is 35.5. The summed E-state index contributed by atoms with van der Waals surface area (Å²) in [5, 5.41) is 2.65. The number of fused-ring (bicyclic) bond motifs is 4. The Labute approximate surface area is 265 Å². The van der Waals surface area contributed by atoms with Crippen LogP contribution in [-0.2, 0) is 6.54 Å². The van der Waals surface area contributed by atoms with Crippen LogP contribution in [-0.4, -0.2) is 80.5 Å². The van der Waals surface area contributed by atoms with Crippen LogP contribution in [0, 0.1) is 11.7 Å². The molecule has 0 aliphatic carbocycles. The number of hydrogen-bond donors (Lipinski definition) is 0. The lowest BCUT2D eigenvalue weighted by Crippen LogP contribution is -2.55. The van der Waals surface area contributed by atoms with Crippen LogP contribution in [0.2, 0.25) is 5.02 Å². The molecule has 5 saturated heterocycles. The Morgan fingerprint density at radius 3 is 2.84 bits per heavy atom. The van der Waals surface area contributed by atoms with E-state index in [0.717, 1.165) is 56.0 Å². The lowest BCUT2D eigenvalue weighted by atomic mass is 9.89. The summed E-state index contributed by atoms with van der Waals surface area (Å²) in [6.07, 6.45) is 5.83. The number of pyridine rings is 1. The van der Waals surface area contributed by atoms with Gasteiger partial charge in [0.05, 0.1) is 18.1 Å². The van der Waals surface area contributed by atoms with Crippen molar-refractivity contribution in [1.29, 1.82) is 0 Å². The quantitative estimate of drug-likeness (QED) is 0.210. The van der Waals surface area contributed by atoms with Crippen LogP contribution < -0.4 is 4.74 Å². The number of halogens is 4. The monoisotopic (exact) mass is 634 g/mol. The first-order valence-electron chi connectivity index (χ1n) is 16.4. The van der Waals surface area contributed by atoms with Crippen LogP contribution in [0.1, 0.15) is 50.6 Å². The number of benzene rings is 2. The predicted molar refractivity (Wildman–Crippen MR) is 167 cm³/mol. The van der Waals surface area contributed by atoms with Crippen LogP contribution >= 0.6 is 11.6 Å². The summed E-state index contributed by atoms with van der Waals surface area (Å²) in [5.41, 5.74) is 1.13. The number of alkyl halides is 2. The van der Waals surface area contributed by atoms with E-state index in [1.165, 1.54) is 0 Å². The molecule has 0 N–H and O–H groups in total. The van der Waals surface area contributed by atoms with Crippen molar-refractivity contribution >= 4 is 33.3 Å². The van der Waals surface area contributed by atoms with Crippen molar-refractivity contribution in [3.63, 3.8) is 0 Å². The van der Waals surface area contributed by atoms with E-state index in [-0.39, 0.29) is 35.9 Å². The average molecular weight is 635 g/mol. The number of ether oxygens (including phenoxy) is 1. The number of piperidine rings is 1. The first-order valence-corrected chi connectivity index (χ1v) is 16.8. The molecule has 2 aromatic heterocycles. The first-order chi connectivity index (χ1) is 21.8. The maximum Gasteiger partial charge on any atom is 0.317 e. The largest absolute Gasteiger partial charge is 0.461 e. The normalized spacial score (nSPS) is 33.8. The second-order valence-corrected chi connectivity index (χ2v) is 14.6. The summed E-state index contributed by atoms with van der Waals surface area (Å²) < 4.78 is 53.7. The van der Waals surface area contributed by atoms with E-state index in [1.54, 1.807) is 12.3 Å². The molecule has 9 rings (SSSR count). The molecule has 5 aliphatic heterocycles. The SMILES string of the molecule is Fc1c(-c2cccc3cccc(Cl)c23)ncc2c(C[N+]34CC5CCC3CC(F)C4C5)nc(OC[C@@]34CCCN3C[C@H](F)C4)nc12. The van der Waals surface area contributed by atoms with E-state index in [4.69, 9.17) is 21.3 Å². The highest BCUT2D eigenvalue weighted by Crippen LogP contribution is 2.52. The number of rotatable bonds is 6. The fourth-order valence-electron chi connectivity index (χ4n) is 9.97. The molecular formula is C35H36ClF3N5O+. The van der Waals surface area contributed by atoms with E-state index in [0.29, 0.717) is 58.0 Å². The zero-order chi connectivity index (χ0) is 30.5. The van der Waals surface area contributed by atoms with Crippen LogP contribution in [0.4, 0.5) is 13.2 Å². The minimum absolute atomic E-state index is 0.0577. The number of quaternary nitrogens is 1. The molecule has 234 valence electrons. The van der Waals surface area contributed by atoms with E-state index in [9.17, 15) is 4.39 Å². The second-order valence-electron chi connectivity index (χ2n) is 14.2. The Kier molecular flexibility index (Phi) is 6.43. The van der Waals surface area contributed by atoms with Crippen molar-refractivity contribution in [3.8, 4) is 17.3 Å². The van der Waals surface area contributed by atoms with Crippen LogP contribution in [0.25, 0.3) is 32.9 Å². The van der Waals surface area contributed by atoms with Gasteiger partial charge in [-0.3, -0.25) is 9.88 Å². The zero-order valence-electron chi connectivity index (χ0n) is 25.1. The molecule has 7 atom stereocenters. The van der Waals surface area contributed by atoms with Gasteiger partial charge in [-0.05, 0) is 37.3 Å². The fourth-order valence-corrected chi connectivity index (χ4v) is 10.3. The Morgan fingerprint density at radius 2 is 1.96 bits per heavy atom. The van der Waals surface area contributed by atoms with Gasteiger partial charge in [0, 0.05) is 65.7 Å². The number of nitrogens with zero attached hydrogens (tertiary/aromatic N) is 5. The summed E-state index contributed by atoms with van der Waals surface area (Å²) in [4.78, 5) is 16.4. The van der Waals surface area contributed by atoms with Gasteiger partial charge in [-0.15, -0.1) is 0 Å². The molecule has 6 nitrogen and oxygen atoms in total. The minimum Gasteiger partial charge on any atom is -0.461 e. The average Bonchev–Trinajstić information content (AvgIpc) is 3.71. The summed E-state index contributed by atoms with van der Waals surface area (Å²) in [5.74, 6) is -0.0577. The van der Waals surface area contributed by atoms with E-state index < -0.39 is 23.7 Å². The molecule has 0 amide bonds. The fraction of sp³-hybridized carbons (Fsp3) is 0.514. The molecule has 10 heteroatoms. The van der Waals surface area contributed by atoms with Gasteiger partial charge in [-0.2, -0.15) is 9.97 Å². The molecule has 2 bridgehead atoms. The highest BCUT2D eigenvalue weighted by molar-refractivity contribution is 6.36. The third-order valence-corrected chi connectivity index (χ3v) is 12.2. The molecule has 5 fully saturated rings. The maximum absolute atomic E-state index is 16.8. The lowest BCUT2D eigenvalue weighted by Gasteiger charge is -2.43. The molecule has 2 aromatic carbocycles. The van der Waals surface area contributed by atoms with Gasteiger partial charge in [0.2, 0.25) is 0 Å². The molecule has 5 unspecified atom stereocenters. The summed E-state index contributed by atoms with van der Waals surface area (Å²) >= 11 is 6.62. The van der Waals surface area contributed by atoms with Gasteiger partial charge in [-0.1, -0.05) is 41.9 Å². The Balaban J connectivity index is 1.17. The van der Waals surface area contributed by atoms with Crippen molar-refractivity contribution in [2.75, 3.05) is 26.2 Å². The molecule has 4 aromatic rings. The van der Waals surface area contributed by atoms with Gasteiger partial charge in [0.1, 0.15) is 42.3 Å². The minimum atomic E-state index is -0.886. The number of aromatic nitrogens is 3. The van der Waals surface area contributed by atoms with Crippen molar-refractivity contribution in [2.24, 2.45) is 5.92 Å². The Morgan fingerprint density at radius 1 is 1.09 bits per heavy atom. The summed E-state index contributed by atoms with van der Waals surface area (Å²) in [6, 6.07) is 11.5. The summed E-state index contributed by atoms with van der Waals surface area (Å²) in [7, 11) is 0. The molecule has 5 aliphatic rings. The van der Waals surface area contributed by atoms with E-state index >= 15 is 8.78 Å². The smallest absolute Gasteiger partial charge is 0.317 e. The number of hydrogen-bond acceptors (Lipinski definition) is 5. The molecule has 7 heterocycles. The van der Waals surface area contributed by atoms with Crippen LogP contribution in [0.15, 0.2) is 42.6 Å². The Hall–Kier alpha value is -3.01. The highest BCUT2D eigenvalue weighted by Gasteiger charge is 2.63. The zero-order valence-corrected chi connectivity index (χ0v) is 25.8. The lowest BCUT2D eigenvalue weighted by molar-refractivity contribution is -0.967. The van der Waals surface area contributed by atoms with Crippen LogP contribution in [0.5, 0.6) is 6.01 Å². The molecule has 0 spiro atoms. The van der Waals surface area contributed by atoms with E-state index in [1.807, 2.05) is 30.3 Å². The van der Waals surface area contributed by atoms with Gasteiger partial charge >= 0.3 is 6.01 Å². The van der Waals surface area contributed by atoms with Gasteiger partial charge in [0.15, 0.2) is 12.0 Å². The topological polar surface area (TPSA) is 51.1 Å². The molecule has 45 heavy (non-hydrogen) atoms. The van der Waals surface area contributed by atoms with Crippen molar-refractivity contribution < 1.29 is 22.4 Å². The van der Waals surface area contributed by atoms with E-state index in [2.05, 4.69) is 14.9 Å². The van der Waals surface area contributed by atoms with Gasteiger partial charge < -0.3 is 9.22 Å². The van der Waals surface area contributed by atoms with Gasteiger partial charge in [-0.25, -0.2) is 13.2 Å². The molecule has 0 saturated carbocycles. The molecule has 0 radical (unpaired) electrons. The second kappa shape index (κ2) is 10.2. The van der Waals surface area contributed by atoms with Crippen molar-refractivity contribution in [2.45, 2.75) is 81.5 Å². The summed E-state index contributed by atoms with van der Waals surface area (Å²) in [6.45, 7) is 2.93. The maximum atomic E-state index is 16.8.